The number of nitrogens with one attached hydrogen (secondary N) is 1. The van der Waals surface area contributed by atoms with E-state index in [-0.39, 0.29) is 42.7 Å². The fourth-order valence-electron chi connectivity index (χ4n) is 5.41. The highest BCUT2D eigenvalue weighted by Gasteiger charge is 2.28. The third-order valence-electron chi connectivity index (χ3n) is 7.59. The average Bonchev–Trinajstić information content (AvgIpc) is 2.91. The predicted octanol–water partition coefficient (Wildman–Crippen LogP) is 5.74. The molecule has 212 valence electrons. The first-order chi connectivity index (χ1) is 17.6. The highest BCUT2D eigenvalue weighted by atomic mass is 35.5. The smallest absolute Gasteiger partial charge is 0.271 e. The van der Waals surface area contributed by atoms with Crippen molar-refractivity contribution in [1.29, 1.82) is 0 Å². The molecule has 1 aliphatic carbocycles. The van der Waals surface area contributed by atoms with Crippen molar-refractivity contribution in [2.24, 2.45) is 5.92 Å². The van der Waals surface area contributed by atoms with Crippen LogP contribution in [0.25, 0.3) is 11.1 Å². The topological polar surface area (TPSA) is 76.6 Å². The number of methoxy groups -OCH3 is 1. The van der Waals surface area contributed by atoms with Crippen LogP contribution in [-0.4, -0.2) is 67.0 Å². The monoisotopic (exact) mass is 566 g/mol. The second-order valence-corrected chi connectivity index (χ2v) is 10.4. The molecule has 1 N–H and O–H groups in total. The second kappa shape index (κ2) is 16.2. The summed E-state index contributed by atoms with van der Waals surface area (Å²) in [6.45, 7) is 4.65. The number of carbonyl (C=O) groups is 1. The SMILES string of the molecule is CCCCc1nnc(C(=O)NCC2CN(C)CCC2OC)cc1-c1ccc(OC2CCCCC2)cc1.Cl.Cl. The Hall–Kier alpha value is -1.93. The molecule has 1 amide bonds. The summed E-state index contributed by atoms with van der Waals surface area (Å²) in [6.07, 6.45) is 10.5. The maximum Gasteiger partial charge on any atom is 0.271 e. The van der Waals surface area contributed by atoms with Gasteiger partial charge in [-0.3, -0.25) is 4.79 Å². The Labute approximate surface area is 240 Å². The van der Waals surface area contributed by atoms with Crippen LogP contribution in [0.15, 0.2) is 30.3 Å². The maximum absolute atomic E-state index is 13.1. The van der Waals surface area contributed by atoms with Crippen LogP contribution in [0.3, 0.4) is 0 Å². The van der Waals surface area contributed by atoms with Gasteiger partial charge in [0.05, 0.1) is 17.9 Å². The number of hydrogen-bond donors (Lipinski definition) is 1. The number of halogens is 2. The average molecular weight is 568 g/mol. The fraction of sp³-hybridized carbons (Fsp3) is 0.621. The van der Waals surface area contributed by atoms with E-state index in [4.69, 9.17) is 9.47 Å². The number of likely N-dealkylation sites (tertiary alicyclic amines) is 1. The number of unbranched alkanes of at least 4 members (excludes halogenated alkanes) is 1. The van der Waals surface area contributed by atoms with Gasteiger partial charge in [0.25, 0.3) is 5.91 Å². The summed E-state index contributed by atoms with van der Waals surface area (Å²) in [5.74, 6) is 0.975. The van der Waals surface area contributed by atoms with Gasteiger partial charge in [-0.05, 0) is 75.8 Å². The van der Waals surface area contributed by atoms with Gasteiger partial charge in [-0.2, -0.15) is 5.10 Å². The molecular formula is C29H44Cl2N4O3. The molecule has 2 heterocycles. The molecular weight excluding hydrogens is 523 g/mol. The van der Waals surface area contributed by atoms with E-state index in [1.165, 1.54) is 19.3 Å². The van der Waals surface area contributed by atoms with Crippen molar-refractivity contribution >= 4 is 30.7 Å². The number of nitrogens with zero attached hydrogens (tertiary/aromatic N) is 3. The molecule has 1 saturated heterocycles. The van der Waals surface area contributed by atoms with Crippen molar-refractivity contribution < 1.29 is 14.3 Å². The molecule has 0 bridgehead atoms. The van der Waals surface area contributed by atoms with Gasteiger partial charge in [-0.1, -0.05) is 31.9 Å². The first-order valence-corrected chi connectivity index (χ1v) is 13.7. The Morgan fingerprint density at radius 3 is 2.50 bits per heavy atom. The van der Waals surface area contributed by atoms with Crippen LogP contribution < -0.4 is 10.1 Å². The van der Waals surface area contributed by atoms with Gasteiger partial charge >= 0.3 is 0 Å². The largest absolute Gasteiger partial charge is 0.490 e. The molecule has 2 atom stereocenters. The van der Waals surface area contributed by atoms with E-state index in [0.717, 1.165) is 74.2 Å². The van der Waals surface area contributed by atoms with Gasteiger partial charge in [-0.25, -0.2) is 0 Å². The maximum atomic E-state index is 13.1. The van der Waals surface area contributed by atoms with Crippen LogP contribution in [0.2, 0.25) is 0 Å². The summed E-state index contributed by atoms with van der Waals surface area (Å²) in [6, 6.07) is 10.1. The normalized spacial score (nSPS) is 20.2. The molecule has 4 rings (SSSR count). The lowest BCUT2D eigenvalue weighted by molar-refractivity contribution is 0.00110. The number of ether oxygens (including phenoxy) is 2. The fourth-order valence-corrected chi connectivity index (χ4v) is 5.41. The molecule has 1 aromatic carbocycles. The van der Waals surface area contributed by atoms with Crippen molar-refractivity contribution in [3.63, 3.8) is 0 Å². The Bertz CT molecular complexity index is 986. The minimum atomic E-state index is -0.189. The van der Waals surface area contributed by atoms with Crippen molar-refractivity contribution in [3.05, 3.63) is 41.7 Å². The first kappa shape index (κ1) is 32.3. The molecule has 0 radical (unpaired) electrons. The number of hydrogen-bond acceptors (Lipinski definition) is 6. The lowest BCUT2D eigenvalue weighted by Crippen LogP contribution is -2.47. The lowest BCUT2D eigenvalue weighted by Gasteiger charge is -2.35. The number of aromatic nitrogens is 2. The summed E-state index contributed by atoms with van der Waals surface area (Å²) in [5, 5.41) is 11.9. The van der Waals surface area contributed by atoms with E-state index in [2.05, 4.69) is 46.5 Å². The van der Waals surface area contributed by atoms with Crippen LogP contribution in [0.4, 0.5) is 0 Å². The van der Waals surface area contributed by atoms with Crippen LogP contribution in [0.5, 0.6) is 5.75 Å². The molecule has 1 saturated carbocycles. The number of carbonyl (C=O) groups excluding carboxylic acids is 1. The third kappa shape index (κ3) is 8.80. The van der Waals surface area contributed by atoms with Crippen molar-refractivity contribution in [2.45, 2.75) is 76.9 Å². The van der Waals surface area contributed by atoms with Gasteiger partial charge in [0.2, 0.25) is 0 Å². The summed E-state index contributed by atoms with van der Waals surface area (Å²) in [5.41, 5.74) is 3.29. The highest BCUT2D eigenvalue weighted by Crippen LogP contribution is 2.29. The van der Waals surface area contributed by atoms with Gasteiger partial charge in [0, 0.05) is 38.2 Å². The minimum absolute atomic E-state index is 0. The van der Waals surface area contributed by atoms with Crippen LogP contribution in [0, 0.1) is 5.92 Å². The molecule has 38 heavy (non-hydrogen) atoms. The molecule has 2 aromatic rings. The zero-order valence-electron chi connectivity index (χ0n) is 23.0. The first-order valence-electron chi connectivity index (χ1n) is 13.7. The Morgan fingerprint density at radius 1 is 1.08 bits per heavy atom. The van der Waals surface area contributed by atoms with E-state index < -0.39 is 0 Å². The van der Waals surface area contributed by atoms with E-state index in [1.807, 2.05) is 18.2 Å². The van der Waals surface area contributed by atoms with Crippen molar-refractivity contribution in [1.82, 2.24) is 20.4 Å². The van der Waals surface area contributed by atoms with E-state index in [9.17, 15) is 4.79 Å². The van der Waals surface area contributed by atoms with Crippen LogP contribution >= 0.6 is 24.8 Å². The third-order valence-corrected chi connectivity index (χ3v) is 7.59. The zero-order chi connectivity index (χ0) is 25.3. The number of piperidine rings is 1. The van der Waals surface area contributed by atoms with Gasteiger partial charge in [0.1, 0.15) is 5.75 Å². The summed E-state index contributed by atoms with van der Waals surface area (Å²) in [4.78, 5) is 15.3. The molecule has 2 unspecified atom stereocenters. The Morgan fingerprint density at radius 2 is 1.82 bits per heavy atom. The van der Waals surface area contributed by atoms with Gasteiger partial charge in [-0.15, -0.1) is 29.9 Å². The Kier molecular flexibility index (Phi) is 13.8. The van der Waals surface area contributed by atoms with Crippen LogP contribution in [0.1, 0.15) is 74.5 Å². The number of aryl methyl sites for hydroxylation is 1. The standard InChI is InChI=1S/C29H42N4O3.2ClH/c1-4-5-11-26-25(21-12-14-24(15-13-21)36-23-9-7-6-8-10-23)18-27(32-31-26)29(34)30-19-22-20-33(2)17-16-28(22)35-3;;/h12-15,18,22-23,28H,4-11,16-17,19-20H2,1-3H3,(H,30,34);2*1H. The van der Waals surface area contributed by atoms with Crippen molar-refractivity contribution in [2.75, 3.05) is 33.8 Å². The van der Waals surface area contributed by atoms with E-state index in [0.29, 0.717) is 18.3 Å². The highest BCUT2D eigenvalue weighted by molar-refractivity contribution is 5.93. The molecule has 9 heteroatoms. The summed E-state index contributed by atoms with van der Waals surface area (Å²) >= 11 is 0. The number of amides is 1. The minimum Gasteiger partial charge on any atom is -0.490 e. The predicted molar refractivity (Wildman–Crippen MR) is 157 cm³/mol. The molecule has 1 aromatic heterocycles. The molecule has 1 aliphatic heterocycles. The number of benzene rings is 1. The second-order valence-electron chi connectivity index (χ2n) is 10.4. The van der Waals surface area contributed by atoms with Crippen molar-refractivity contribution in [3.8, 4) is 16.9 Å². The van der Waals surface area contributed by atoms with Crippen LogP contribution in [-0.2, 0) is 11.2 Å². The van der Waals surface area contributed by atoms with E-state index in [1.54, 1.807) is 7.11 Å². The number of rotatable bonds is 10. The molecule has 2 aliphatic rings. The molecule has 0 spiro atoms. The molecule has 7 nitrogen and oxygen atoms in total. The summed E-state index contributed by atoms with van der Waals surface area (Å²) < 4.78 is 11.9. The molecule has 2 fully saturated rings. The quantitative estimate of drug-likeness (QED) is 0.395. The zero-order valence-corrected chi connectivity index (χ0v) is 24.6. The van der Waals surface area contributed by atoms with Gasteiger partial charge in [0.15, 0.2) is 5.69 Å². The lowest BCUT2D eigenvalue weighted by atomic mass is 9.94. The Balaban J connectivity index is 0.00000253. The summed E-state index contributed by atoms with van der Waals surface area (Å²) in [7, 11) is 3.86. The van der Waals surface area contributed by atoms with Gasteiger partial charge < -0.3 is 19.7 Å². The van der Waals surface area contributed by atoms with E-state index >= 15 is 0 Å².